The van der Waals surface area contributed by atoms with E-state index in [1.54, 1.807) is 0 Å². The average Bonchev–Trinajstić information content (AvgIpc) is 2.96. The molecule has 0 radical (unpaired) electrons. The summed E-state index contributed by atoms with van der Waals surface area (Å²) >= 11 is 0. The third kappa shape index (κ3) is 6.03. The molecule has 1 aliphatic heterocycles. The molecule has 22 heavy (non-hydrogen) atoms. The maximum atomic E-state index is 11.9. The summed E-state index contributed by atoms with van der Waals surface area (Å²) in [5.74, 6) is 0.684. The lowest BCUT2D eigenvalue weighted by Gasteiger charge is -2.20. The van der Waals surface area contributed by atoms with Gasteiger partial charge in [0.1, 0.15) is 12.4 Å². The minimum Gasteiger partial charge on any atom is -0.491 e. The minimum atomic E-state index is -0.0798. The molecule has 122 valence electrons. The van der Waals surface area contributed by atoms with Crippen molar-refractivity contribution in [1.29, 1.82) is 0 Å². The summed E-state index contributed by atoms with van der Waals surface area (Å²) in [6, 6.07) is 7.45. The monoisotopic (exact) mass is 306 g/mol. The molecule has 1 aliphatic rings. The molecule has 1 aromatic rings. The Bertz CT molecular complexity index is 491. The Morgan fingerprint density at radius 1 is 1.41 bits per heavy atom. The van der Waals surface area contributed by atoms with E-state index in [4.69, 9.17) is 9.47 Å². The van der Waals surface area contributed by atoms with Crippen LogP contribution in [-0.4, -0.2) is 37.3 Å². The summed E-state index contributed by atoms with van der Waals surface area (Å²) in [4.78, 5) is 11.9. The number of benzene rings is 1. The maximum Gasteiger partial charge on any atom is 0.238 e. The third-order valence-electron chi connectivity index (χ3n) is 3.36. The molecular formula is C17H26N2O3. The Morgan fingerprint density at radius 3 is 2.91 bits per heavy atom. The fourth-order valence-electron chi connectivity index (χ4n) is 2.18. The zero-order valence-corrected chi connectivity index (χ0v) is 13.6. The van der Waals surface area contributed by atoms with E-state index in [1.807, 2.05) is 45.0 Å². The van der Waals surface area contributed by atoms with Gasteiger partial charge in [-0.05, 0) is 45.7 Å². The van der Waals surface area contributed by atoms with Gasteiger partial charge in [-0.2, -0.15) is 0 Å². The van der Waals surface area contributed by atoms with Gasteiger partial charge < -0.3 is 20.1 Å². The van der Waals surface area contributed by atoms with Crippen molar-refractivity contribution in [3.8, 4) is 5.75 Å². The van der Waals surface area contributed by atoms with Crippen LogP contribution in [-0.2, 0) is 9.53 Å². The van der Waals surface area contributed by atoms with Gasteiger partial charge in [0.05, 0.1) is 12.6 Å². The van der Waals surface area contributed by atoms with E-state index in [1.165, 1.54) is 0 Å². The van der Waals surface area contributed by atoms with Gasteiger partial charge >= 0.3 is 0 Å². The fourth-order valence-corrected chi connectivity index (χ4v) is 2.18. The van der Waals surface area contributed by atoms with Crippen molar-refractivity contribution >= 4 is 11.6 Å². The molecule has 1 unspecified atom stereocenters. The molecule has 2 rings (SSSR count). The Hall–Kier alpha value is -1.59. The second-order valence-electron chi connectivity index (χ2n) is 6.63. The Morgan fingerprint density at radius 2 is 2.23 bits per heavy atom. The topological polar surface area (TPSA) is 59.6 Å². The summed E-state index contributed by atoms with van der Waals surface area (Å²) in [6.45, 7) is 7.75. The maximum absolute atomic E-state index is 11.9. The highest BCUT2D eigenvalue weighted by atomic mass is 16.5. The van der Waals surface area contributed by atoms with Gasteiger partial charge in [-0.3, -0.25) is 4.79 Å². The number of nitrogens with one attached hydrogen (secondary N) is 2. The van der Waals surface area contributed by atoms with Crippen molar-refractivity contribution in [3.05, 3.63) is 24.3 Å². The number of carbonyl (C=O) groups excluding carboxylic acids is 1. The summed E-state index contributed by atoms with van der Waals surface area (Å²) < 4.78 is 11.3. The predicted octanol–water partition coefficient (Wildman–Crippen LogP) is 2.57. The van der Waals surface area contributed by atoms with Crippen molar-refractivity contribution in [1.82, 2.24) is 5.32 Å². The lowest BCUT2D eigenvalue weighted by Crippen LogP contribution is -2.41. The van der Waals surface area contributed by atoms with E-state index in [0.29, 0.717) is 6.61 Å². The van der Waals surface area contributed by atoms with Crippen LogP contribution in [0.4, 0.5) is 5.69 Å². The molecule has 1 saturated heterocycles. The Labute approximate surface area is 132 Å². The smallest absolute Gasteiger partial charge is 0.238 e. The second-order valence-corrected chi connectivity index (χ2v) is 6.63. The van der Waals surface area contributed by atoms with Crippen molar-refractivity contribution in [2.45, 2.75) is 45.3 Å². The van der Waals surface area contributed by atoms with E-state index in [9.17, 15) is 4.79 Å². The van der Waals surface area contributed by atoms with Gasteiger partial charge in [-0.25, -0.2) is 0 Å². The van der Waals surface area contributed by atoms with Gasteiger partial charge in [0.15, 0.2) is 0 Å². The van der Waals surface area contributed by atoms with Crippen molar-refractivity contribution in [2.75, 3.05) is 25.1 Å². The molecule has 1 heterocycles. The molecule has 1 fully saturated rings. The highest BCUT2D eigenvalue weighted by Gasteiger charge is 2.16. The first-order valence-corrected chi connectivity index (χ1v) is 7.82. The zero-order chi connectivity index (χ0) is 16.0. The number of hydrogen-bond acceptors (Lipinski definition) is 4. The number of hydrogen-bond donors (Lipinski definition) is 2. The number of anilines is 1. The lowest BCUT2D eigenvalue weighted by atomic mass is 10.1. The standard InChI is InChI=1S/C17H26N2O3/c1-17(2,3)18-11-16(20)19-13-6-4-7-14(10-13)22-12-15-8-5-9-21-15/h4,6-7,10,15,18H,5,8-9,11-12H2,1-3H3,(H,19,20). The molecular weight excluding hydrogens is 280 g/mol. The number of carbonyl (C=O) groups is 1. The molecule has 2 N–H and O–H groups in total. The SMILES string of the molecule is CC(C)(C)NCC(=O)Nc1cccc(OCC2CCCO2)c1. The predicted molar refractivity (Wildman–Crippen MR) is 87.3 cm³/mol. The second kappa shape index (κ2) is 7.61. The largest absolute Gasteiger partial charge is 0.491 e. The molecule has 0 spiro atoms. The van der Waals surface area contributed by atoms with Gasteiger partial charge in [0.2, 0.25) is 5.91 Å². The van der Waals surface area contributed by atoms with Crippen LogP contribution in [0.15, 0.2) is 24.3 Å². The quantitative estimate of drug-likeness (QED) is 0.848. The van der Waals surface area contributed by atoms with Crippen LogP contribution >= 0.6 is 0 Å². The van der Waals surface area contributed by atoms with Crippen LogP contribution in [0.5, 0.6) is 5.75 Å². The van der Waals surface area contributed by atoms with E-state index in [-0.39, 0.29) is 24.1 Å². The minimum absolute atomic E-state index is 0.0637. The highest BCUT2D eigenvalue weighted by Crippen LogP contribution is 2.19. The van der Waals surface area contributed by atoms with Crippen molar-refractivity contribution < 1.29 is 14.3 Å². The highest BCUT2D eigenvalue weighted by molar-refractivity contribution is 5.92. The van der Waals surface area contributed by atoms with Crippen molar-refractivity contribution in [3.63, 3.8) is 0 Å². The molecule has 0 bridgehead atoms. The molecule has 0 aliphatic carbocycles. The molecule has 1 aromatic carbocycles. The normalized spacial score (nSPS) is 18.2. The molecule has 1 atom stereocenters. The summed E-state index contributed by atoms with van der Waals surface area (Å²) in [7, 11) is 0. The van der Waals surface area contributed by atoms with Gasteiger partial charge in [0, 0.05) is 23.9 Å². The first kappa shape index (κ1) is 16.8. The number of rotatable bonds is 6. The van der Waals surface area contributed by atoms with Crippen LogP contribution in [0.2, 0.25) is 0 Å². The van der Waals surface area contributed by atoms with Crippen LogP contribution in [0.25, 0.3) is 0 Å². The average molecular weight is 306 g/mol. The first-order valence-electron chi connectivity index (χ1n) is 7.82. The molecule has 1 amide bonds. The third-order valence-corrected chi connectivity index (χ3v) is 3.36. The van der Waals surface area contributed by atoms with Crippen LogP contribution in [0.3, 0.4) is 0 Å². The number of ether oxygens (including phenoxy) is 2. The van der Waals surface area contributed by atoms with Crippen LogP contribution < -0.4 is 15.4 Å². The van der Waals surface area contributed by atoms with Gasteiger partial charge in [0.25, 0.3) is 0 Å². The zero-order valence-electron chi connectivity index (χ0n) is 13.6. The van der Waals surface area contributed by atoms with E-state index in [2.05, 4.69) is 10.6 Å². The fraction of sp³-hybridized carbons (Fsp3) is 0.588. The molecule has 0 saturated carbocycles. The van der Waals surface area contributed by atoms with Crippen LogP contribution in [0, 0.1) is 0 Å². The van der Waals surface area contributed by atoms with Crippen molar-refractivity contribution in [2.24, 2.45) is 0 Å². The Kier molecular flexibility index (Phi) is 5.80. The van der Waals surface area contributed by atoms with Crippen LogP contribution in [0.1, 0.15) is 33.6 Å². The molecule has 5 nitrogen and oxygen atoms in total. The Balaban J connectivity index is 1.81. The van der Waals surface area contributed by atoms with Gasteiger partial charge in [-0.15, -0.1) is 0 Å². The van der Waals surface area contributed by atoms with E-state index >= 15 is 0 Å². The lowest BCUT2D eigenvalue weighted by molar-refractivity contribution is -0.115. The number of amides is 1. The first-order chi connectivity index (χ1) is 10.4. The van der Waals surface area contributed by atoms with E-state index in [0.717, 1.165) is 30.9 Å². The summed E-state index contributed by atoms with van der Waals surface area (Å²) in [6.07, 6.45) is 2.34. The van der Waals surface area contributed by atoms with Gasteiger partial charge in [-0.1, -0.05) is 6.07 Å². The van der Waals surface area contributed by atoms with E-state index < -0.39 is 0 Å². The molecule has 0 aromatic heterocycles. The summed E-state index contributed by atoms with van der Waals surface area (Å²) in [5, 5.41) is 6.03. The summed E-state index contributed by atoms with van der Waals surface area (Å²) in [5.41, 5.74) is 0.661. The molecule has 5 heteroatoms.